The molecule has 2 heterocycles. The Morgan fingerprint density at radius 2 is 2.04 bits per heavy atom. The number of halogens is 1. The van der Waals surface area contributed by atoms with Crippen LogP contribution in [0.1, 0.15) is 31.4 Å². The van der Waals surface area contributed by atoms with Crippen LogP contribution in [0, 0.1) is 0 Å². The lowest BCUT2D eigenvalue weighted by Gasteiger charge is -2.22. The molecule has 1 aromatic carbocycles. The minimum Gasteiger partial charge on any atom is -0.368 e. The van der Waals surface area contributed by atoms with Gasteiger partial charge in [0, 0.05) is 23.9 Å². The van der Waals surface area contributed by atoms with E-state index in [1.807, 2.05) is 36.1 Å². The lowest BCUT2D eigenvalue weighted by atomic mass is 10.2. The number of hydrogen-bond acceptors (Lipinski definition) is 5. The Kier molecular flexibility index (Phi) is 5.30. The number of carbonyl (C=O) groups is 1. The van der Waals surface area contributed by atoms with Crippen molar-refractivity contribution < 1.29 is 4.79 Å². The van der Waals surface area contributed by atoms with Gasteiger partial charge in [0.15, 0.2) is 5.16 Å². The molecular formula is C16H20ClN5OS. The van der Waals surface area contributed by atoms with Gasteiger partial charge in [0.05, 0.1) is 0 Å². The molecule has 3 rings (SSSR count). The molecule has 0 radical (unpaired) electrons. The summed E-state index contributed by atoms with van der Waals surface area (Å²) in [5, 5.41) is 9.42. The second-order valence-electron chi connectivity index (χ2n) is 5.80. The van der Waals surface area contributed by atoms with Gasteiger partial charge >= 0.3 is 0 Å². The van der Waals surface area contributed by atoms with Crippen LogP contribution in [0.4, 0.5) is 5.95 Å². The van der Waals surface area contributed by atoms with Gasteiger partial charge < -0.3 is 10.6 Å². The molecular weight excluding hydrogens is 346 g/mol. The van der Waals surface area contributed by atoms with E-state index in [-0.39, 0.29) is 11.9 Å². The molecule has 1 fully saturated rings. The molecule has 2 N–H and O–H groups in total. The molecule has 1 aromatic heterocycles. The minimum atomic E-state index is -0.410. The van der Waals surface area contributed by atoms with Crippen molar-refractivity contribution in [2.45, 2.75) is 36.7 Å². The first-order valence-corrected chi connectivity index (χ1v) is 9.29. The topological polar surface area (TPSA) is 77.0 Å². The number of benzene rings is 1. The molecule has 128 valence electrons. The summed E-state index contributed by atoms with van der Waals surface area (Å²) in [7, 11) is 0. The average molecular weight is 366 g/mol. The van der Waals surface area contributed by atoms with E-state index >= 15 is 0 Å². The number of thioether (sulfide) groups is 1. The van der Waals surface area contributed by atoms with Crippen molar-refractivity contribution in [2.24, 2.45) is 0 Å². The quantitative estimate of drug-likeness (QED) is 0.824. The van der Waals surface area contributed by atoms with Gasteiger partial charge in [-0.1, -0.05) is 41.6 Å². The maximum absolute atomic E-state index is 12.6. The predicted octanol–water partition coefficient (Wildman–Crippen LogP) is 2.99. The summed E-state index contributed by atoms with van der Waals surface area (Å²) < 4.78 is 1.71. The van der Waals surface area contributed by atoms with Crippen LogP contribution in [0.5, 0.6) is 0 Å². The zero-order chi connectivity index (χ0) is 17.1. The van der Waals surface area contributed by atoms with E-state index in [1.165, 1.54) is 11.8 Å². The van der Waals surface area contributed by atoms with Gasteiger partial charge in [0.25, 0.3) is 0 Å². The Balaban J connectivity index is 1.75. The summed E-state index contributed by atoms with van der Waals surface area (Å²) in [6.45, 7) is 3.47. The number of hydrogen-bond donors (Lipinski definition) is 1. The summed E-state index contributed by atoms with van der Waals surface area (Å²) in [4.78, 5) is 14.5. The number of likely N-dealkylation sites (tertiary alicyclic amines) is 1. The first-order chi connectivity index (χ1) is 11.6. The van der Waals surface area contributed by atoms with Crippen LogP contribution < -0.4 is 5.73 Å². The summed E-state index contributed by atoms with van der Waals surface area (Å²) in [5.41, 5.74) is 6.97. The highest BCUT2D eigenvalue weighted by molar-refractivity contribution is 7.98. The van der Waals surface area contributed by atoms with Crippen LogP contribution in [-0.2, 0) is 10.5 Å². The van der Waals surface area contributed by atoms with E-state index in [1.54, 1.807) is 4.57 Å². The molecule has 0 aliphatic carbocycles. The Morgan fingerprint density at radius 1 is 1.33 bits per heavy atom. The average Bonchev–Trinajstić information content (AvgIpc) is 3.23. The standard InChI is InChI=1S/C16H20ClN5OS/c1-11(14(23)21-8-4-5-9-21)22-15(18)19-20-16(22)24-10-12-6-2-3-7-13(12)17/h2-3,6-7,11H,4-5,8-10H2,1H3,(H2,18,19). The zero-order valence-corrected chi connectivity index (χ0v) is 15.1. The van der Waals surface area contributed by atoms with Crippen LogP contribution in [0.15, 0.2) is 29.4 Å². The summed E-state index contributed by atoms with van der Waals surface area (Å²) >= 11 is 7.67. The van der Waals surface area contributed by atoms with Gasteiger partial charge in [-0.15, -0.1) is 10.2 Å². The Morgan fingerprint density at radius 3 is 2.75 bits per heavy atom. The highest BCUT2D eigenvalue weighted by atomic mass is 35.5. The number of amides is 1. The van der Waals surface area contributed by atoms with Crippen molar-refractivity contribution in [1.82, 2.24) is 19.7 Å². The largest absolute Gasteiger partial charge is 0.368 e. The molecule has 6 nitrogen and oxygen atoms in total. The number of rotatable bonds is 5. The van der Waals surface area contributed by atoms with E-state index in [9.17, 15) is 4.79 Å². The first-order valence-electron chi connectivity index (χ1n) is 7.93. The van der Waals surface area contributed by atoms with Gasteiger partial charge in [-0.05, 0) is 31.4 Å². The third-order valence-electron chi connectivity index (χ3n) is 4.17. The number of nitrogens with two attached hydrogens (primary N) is 1. The van der Waals surface area contributed by atoms with Crippen molar-refractivity contribution in [1.29, 1.82) is 0 Å². The normalized spacial score (nSPS) is 15.7. The molecule has 1 saturated heterocycles. The van der Waals surface area contributed by atoms with Gasteiger partial charge in [0.2, 0.25) is 11.9 Å². The summed E-state index contributed by atoms with van der Waals surface area (Å²) in [6, 6.07) is 7.26. The maximum Gasteiger partial charge on any atom is 0.245 e. The van der Waals surface area contributed by atoms with E-state index in [2.05, 4.69) is 10.2 Å². The number of anilines is 1. The van der Waals surface area contributed by atoms with Crippen LogP contribution in [0.2, 0.25) is 5.02 Å². The highest BCUT2D eigenvalue weighted by Crippen LogP contribution is 2.29. The van der Waals surface area contributed by atoms with Gasteiger partial charge in [0.1, 0.15) is 6.04 Å². The number of carbonyl (C=O) groups excluding carboxylic acids is 1. The van der Waals surface area contributed by atoms with Crippen molar-refractivity contribution in [3.63, 3.8) is 0 Å². The van der Waals surface area contributed by atoms with Crippen molar-refractivity contribution in [3.05, 3.63) is 34.9 Å². The second kappa shape index (κ2) is 7.44. The predicted molar refractivity (Wildman–Crippen MR) is 96.0 cm³/mol. The lowest BCUT2D eigenvalue weighted by Crippen LogP contribution is -2.34. The van der Waals surface area contributed by atoms with Crippen molar-refractivity contribution in [2.75, 3.05) is 18.8 Å². The molecule has 0 saturated carbocycles. The fraction of sp³-hybridized carbons (Fsp3) is 0.438. The van der Waals surface area contributed by atoms with Crippen LogP contribution in [-0.4, -0.2) is 38.7 Å². The first kappa shape index (κ1) is 17.1. The third kappa shape index (κ3) is 3.52. The van der Waals surface area contributed by atoms with E-state index in [4.69, 9.17) is 17.3 Å². The molecule has 8 heteroatoms. The maximum atomic E-state index is 12.6. The molecule has 0 spiro atoms. The molecule has 1 unspecified atom stereocenters. The molecule has 0 bridgehead atoms. The number of aromatic nitrogens is 3. The van der Waals surface area contributed by atoms with Gasteiger partial charge in [-0.3, -0.25) is 9.36 Å². The van der Waals surface area contributed by atoms with E-state index < -0.39 is 6.04 Å². The molecule has 24 heavy (non-hydrogen) atoms. The van der Waals surface area contributed by atoms with E-state index in [0.717, 1.165) is 31.5 Å². The smallest absolute Gasteiger partial charge is 0.245 e. The van der Waals surface area contributed by atoms with Gasteiger partial charge in [-0.25, -0.2) is 0 Å². The summed E-state index contributed by atoms with van der Waals surface area (Å²) in [5.74, 6) is 0.970. The zero-order valence-electron chi connectivity index (χ0n) is 13.5. The summed E-state index contributed by atoms with van der Waals surface area (Å²) in [6.07, 6.45) is 2.12. The SMILES string of the molecule is CC(C(=O)N1CCCC1)n1c(N)nnc1SCc1ccccc1Cl. The lowest BCUT2D eigenvalue weighted by molar-refractivity contribution is -0.133. The van der Waals surface area contributed by atoms with Crippen molar-refractivity contribution >= 4 is 35.2 Å². The van der Waals surface area contributed by atoms with Crippen LogP contribution >= 0.6 is 23.4 Å². The number of nitrogen functional groups attached to an aromatic ring is 1. The van der Waals surface area contributed by atoms with Crippen LogP contribution in [0.3, 0.4) is 0 Å². The monoisotopic (exact) mass is 365 g/mol. The third-order valence-corrected chi connectivity index (χ3v) is 5.53. The fourth-order valence-electron chi connectivity index (χ4n) is 2.82. The molecule has 1 aliphatic heterocycles. The second-order valence-corrected chi connectivity index (χ2v) is 7.15. The minimum absolute atomic E-state index is 0.0681. The van der Waals surface area contributed by atoms with Gasteiger partial charge in [-0.2, -0.15) is 0 Å². The van der Waals surface area contributed by atoms with Crippen LogP contribution in [0.25, 0.3) is 0 Å². The molecule has 1 amide bonds. The van der Waals surface area contributed by atoms with E-state index in [0.29, 0.717) is 15.9 Å². The molecule has 1 aliphatic rings. The number of nitrogens with zero attached hydrogens (tertiary/aromatic N) is 4. The highest BCUT2D eigenvalue weighted by Gasteiger charge is 2.28. The Hall–Kier alpha value is -1.73. The molecule has 2 aromatic rings. The fourth-order valence-corrected chi connectivity index (χ4v) is 4.13. The Labute approximate surface area is 150 Å². The van der Waals surface area contributed by atoms with Crippen molar-refractivity contribution in [3.8, 4) is 0 Å². The Bertz CT molecular complexity index is 729. The molecule has 1 atom stereocenters.